The van der Waals surface area contributed by atoms with E-state index < -0.39 is 21.6 Å². The van der Waals surface area contributed by atoms with E-state index in [1.165, 1.54) is 41.8 Å². The summed E-state index contributed by atoms with van der Waals surface area (Å²) in [5, 5.41) is 18.8. The Morgan fingerprint density at radius 1 is 0.886 bits per heavy atom. The van der Waals surface area contributed by atoms with Gasteiger partial charge in [-0.05, 0) is 47.7 Å². The monoisotopic (exact) mass is 490 g/mol. The van der Waals surface area contributed by atoms with Crippen LogP contribution in [0.2, 0.25) is 0 Å². The lowest BCUT2D eigenvalue weighted by Crippen LogP contribution is -2.30. The maximum absolute atomic E-state index is 11.7. The zero-order chi connectivity index (χ0) is 24.7. The van der Waals surface area contributed by atoms with Gasteiger partial charge in [0.1, 0.15) is 5.84 Å². The fourth-order valence-corrected chi connectivity index (χ4v) is 5.06. The summed E-state index contributed by atoms with van der Waals surface area (Å²) in [6, 6.07) is 20.4. The van der Waals surface area contributed by atoms with E-state index in [0.717, 1.165) is 42.7 Å². The molecule has 5 rings (SSSR count). The van der Waals surface area contributed by atoms with Crippen LogP contribution < -0.4 is 15.7 Å². The standard InChI is InChI=1S/C15H19N3.C12H10O4S/c1-2-9-16-14(4-1)12-5-7-13(8-6-12)15-17-10-3-11-18-15;13-12(14)8-17(15,16)11-6-5-9-3-1-2-4-10(9)7-11/h4-8,16H,1-3,9-11H2,(H,17,18);1-7H,8H2,(H,13,14)/p-1. The Bertz CT molecular complexity index is 1320. The number of aliphatic imine (C=N–C) groups is 1. The van der Waals surface area contributed by atoms with Gasteiger partial charge in [0.05, 0.1) is 16.6 Å². The molecule has 3 aromatic carbocycles. The van der Waals surface area contributed by atoms with Gasteiger partial charge < -0.3 is 20.5 Å². The minimum Gasteiger partial charge on any atom is -0.549 e. The zero-order valence-electron chi connectivity index (χ0n) is 19.4. The van der Waals surface area contributed by atoms with Crippen LogP contribution >= 0.6 is 0 Å². The van der Waals surface area contributed by atoms with Crippen molar-refractivity contribution in [3.63, 3.8) is 0 Å². The van der Waals surface area contributed by atoms with Crippen molar-refractivity contribution in [2.24, 2.45) is 4.99 Å². The number of nitrogens with zero attached hydrogens (tertiary/aromatic N) is 1. The average molecular weight is 491 g/mol. The molecule has 3 aromatic rings. The summed E-state index contributed by atoms with van der Waals surface area (Å²) in [7, 11) is -3.81. The summed E-state index contributed by atoms with van der Waals surface area (Å²) >= 11 is 0. The van der Waals surface area contributed by atoms with Crippen LogP contribution in [0.4, 0.5) is 0 Å². The van der Waals surface area contributed by atoms with E-state index in [-0.39, 0.29) is 4.90 Å². The number of carboxylic acids is 1. The summed E-state index contributed by atoms with van der Waals surface area (Å²) in [5.41, 5.74) is 3.73. The Hall–Kier alpha value is -3.65. The number of aliphatic carboxylic acids is 1. The number of benzene rings is 3. The molecule has 2 N–H and O–H groups in total. The number of nitrogens with one attached hydrogen (secondary N) is 2. The summed E-state index contributed by atoms with van der Waals surface area (Å²) in [5.74, 6) is -1.55. The zero-order valence-corrected chi connectivity index (χ0v) is 20.2. The number of hydrogen-bond donors (Lipinski definition) is 2. The molecule has 0 unspecified atom stereocenters. The predicted octanol–water partition coefficient (Wildman–Crippen LogP) is 2.51. The number of carboxylic acid groups (broad SMARTS) is 1. The van der Waals surface area contributed by atoms with Gasteiger partial charge in [-0.25, -0.2) is 8.42 Å². The lowest BCUT2D eigenvalue weighted by Gasteiger charge is -2.17. The number of rotatable bonds is 5. The lowest BCUT2D eigenvalue weighted by molar-refractivity contribution is -0.301. The SMILES string of the molecule is C1=C(c2ccc(C3=NCCCN3)cc2)NCCC1.O=C([O-])CS(=O)(=O)c1ccc2ccccc2c1. The first-order valence-corrected chi connectivity index (χ1v) is 13.3. The van der Waals surface area contributed by atoms with Gasteiger partial charge in [0, 0.05) is 30.9 Å². The highest BCUT2D eigenvalue weighted by Crippen LogP contribution is 2.20. The van der Waals surface area contributed by atoms with Crippen molar-refractivity contribution >= 4 is 38.1 Å². The van der Waals surface area contributed by atoms with E-state index in [0.29, 0.717) is 0 Å². The Morgan fingerprint density at radius 3 is 2.26 bits per heavy atom. The first-order chi connectivity index (χ1) is 16.9. The summed E-state index contributed by atoms with van der Waals surface area (Å²) in [6.45, 7) is 3.06. The third-order valence-corrected chi connectivity index (χ3v) is 7.39. The van der Waals surface area contributed by atoms with Gasteiger partial charge in [0.15, 0.2) is 9.84 Å². The van der Waals surface area contributed by atoms with Gasteiger partial charge in [-0.15, -0.1) is 0 Å². The van der Waals surface area contributed by atoms with E-state index in [2.05, 4.69) is 46.0 Å². The van der Waals surface area contributed by atoms with Crippen molar-refractivity contribution in [3.05, 3.63) is 83.9 Å². The second-order valence-corrected chi connectivity index (χ2v) is 10.4. The molecule has 0 fully saturated rings. The minimum absolute atomic E-state index is 0.000370. The van der Waals surface area contributed by atoms with Crippen LogP contribution in [0, 0.1) is 0 Å². The minimum atomic E-state index is -3.81. The van der Waals surface area contributed by atoms with E-state index in [4.69, 9.17) is 0 Å². The highest BCUT2D eigenvalue weighted by molar-refractivity contribution is 7.92. The van der Waals surface area contributed by atoms with Gasteiger partial charge in [-0.1, -0.05) is 60.7 Å². The van der Waals surface area contributed by atoms with Crippen LogP contribution in [0.5, 0.6) is 0 Å². The van der Waals surface area contributed by atoms with Crippen LogP contribution in [-0.2, 0) is 14.6 Å². The van der Waals surface area contributed by atoms with Crippen molar-refractivity contribution < 1.29 is 18.3 Å². The van der Waals surface area contributed by atoms with Crippen molar-refractivity contribution in [1.29, 1.82) is 0 Å². The Balaban J connectivity index is 0.000000165. The third-order valence-electron chi connectivity index (χ3n) is 5.80. The molecule has 0 amide bonds. The molecule has 2 heterocycles. The smallest absolute Gasteiger partial charge is 0.183 e. The molecule has 8 heteroatoms. The second kappa shape index (κ2) is 11.2. The number of carbonyl (C=O) groups excluding carboxylic acids is 1. The summed E-state index contributed by atoms with van der Waals surface area (Å²) in [4.78, 5) is 14.9. The summed E-state index contributed by atoms with van der Waals surface area (Å²) in [6.07, 6.45) is 5.84. The Morgan fingerprint density at radius 2 is 1.60 bits per heavy atom. The lowest BCUT2D eigenvalue weighted by atomic mass is 10.0. The largest absolute Gasteiger partial charge is 0.549 e. The van der Waals surface area contributed by atoms with Crippen molar-refractivity contribution in [2.45, 2.75) is 24.2 Å². The Kier molecular flexibility index (Phi) is 7.82. The molecule has 35 heavy (non-hydrogen) atoms. The van der Waals surface area contributed by atoms with Gasteiger partial charge in [0.2, 0.25) is 0 Å². The number of sulfone groups is 1. The molecule has 182 valence electrons. The van der Waals surface area contributed by atoms with Gasteiger partial charge in [-0.2, -0.15) is 0 Å². The molecule has 2 aliphatic heterocycles. The maximum atomic E-state index is 11.7. The molecule has 0 aliphatic carbocycles. The summed E-state index contributed by atoms with van der Waals surface area (Å²) < 4.78 is 23.3. The van der Waals surface area contributed by atoms with Crippen LogP contribution in [-0.4, -0.2) is 45.6 Å². The van der Waals surface area contributed by atoms with Crippen LogP contribution in [0.15, 0.2) is 82.7 Å². The number of allylic oxidation sites excluding steroid dienone is 1. The van der Waals surface area contributed by atoms with E-state index in [1.54, 1.807) is 18.2 Å². The number of fused-ring (bicyclic) bond motifs is 1. The number of amidine groups is 1. The highest BCUT2D eigenvalue weighted by Gasteiger charge is 2.15. The van der Waals surface area contributed by atoms with Crippen LogP contribution in [0.1, 0.15) is 30.4 Å². The molecule has 0 radical (unpaired) electrons. The molecule has 0 spiro atoms. The van der Waals surface area contributed by atoms with E-state index in [9.17, 15) is 18.3 Å². The van der Waals surface area contributed by atoms with Crippen molar-refractivity contribution in [1.82, 2.24) is 10.6 Å². The van der Waals surface area contributed by atoms with Gasteiger partial charge in [-0.3, -0.25) is 4.99 Å². The molecule has 0 aromatic heterocycles. The predicted molar refractivity (Wildman–Crippen MR) is 137 cm³/mol. The quantitative estimate of drug-likeness (QED) is 0.569. The normalized spacial score (nSPS) is 15.5. The third kappa shape index (κ3) is 6.48. The maximum Gasteiger partial charge on any atom is 0.183 e. The van der Waals surface area contributed by atoms with E-state index in [1.807, 2.05) is 12.1 Å². The molecule has 0 atom stereocenters. The molecule has 2 aliphatic rings. The number of hydrogen-bond acceptors (Lipinski definition) is 7. The average Bonchev–Trinajstić information content (AvgIpc) is 2.89. The fourth-order valence-electron chi connectivity index (χ4n) is 4.00. The van der Waals surface area contributed by atoms with E-state index >= 15 is 0 Å². The number of carbonyl (C=O) groups is 1. The topological polar surface area (TPSA) is 111 Å². The second-order valence-electron chi connectivity index (χ2n) is 8.41. The first-order valence-electron chi connectivity index (χ1n) is 11.7. The van der Waals surface area contributed by atoms with Crippen molar-refractivity contribution in [2.75, 3.05) is 25.4 Å². The highest BCUT2D eigenvalue weighted by atomic mass is 32.2. The molecule has 0 saturated carbocycles. The molecule has 0 saturated heterocycles. The first kappa shape index (κ1) is 24.5. The molecule has 0 bridgehead atoms. The van der Waals surface area contributed by atoms with Crippen LogP contribution in [0.3, 0.4) is 0 Å². The Labute approximate surface area is 205 Å². The van der Waals surface area contributed by atoms with Crippen molar-refractivity contribution in [3.8, 4) is 0 Å². The molecular formula is C27H28N3O4S-. The fraction of sp³-hybridized carbons (Fsp3) is 0.259. The van der Waals surface area contributed by atoms with Gasteiger partial charge >= 0.3 is 0 Å². The van der Waals surface area contributed by atoms with Crippen LogP contribution in [0.25, 0.3) is 16.5 Å². The molecule has 7 nitrogen and oxygen atoms in total. The molecular weight excluding hydrogens is 462 g/mol. The van der Waals surface area contributed by atoms with Gasteiger partial charge in [0.25, 0.3) is 0 Å².